The zero-order chi connectivity index (χ0) is 13.8. The van der Waals surface area contributed by atoms with E-state index in [1.54, 1.807) is 18.4 Å². The van der Waals surface area contributed by atoms with Gasteiger partial charge in [0.15, 0.2) is 0 Å². The molecule has 1 heterocycles. The van der Waals surface area contributed by atoms with Crippen LogP contribution in [0.4, 0.5) is 0 Å². The second-order valence-electron chi connectivity index (χ2n) is 4.67. The highest BCUT2D eigenvalue weighted by molar-refractivity contribution is 7.12. The van der Waals surface area contributed by atoms with Crippen LogP contribution in [-0.4, -0.2) is 30.3 Å². The molecule has 0 saturated heterocycles. The van der Waals surface area contributed by atoms with E-state index in [0.29, 0.717) is 10.6 Å². The topological polar surface area (TPSA) is 58.6 Å². The molecule has 1 amide bonds. The standard InChI is InChI=1S/C13H21NO3S/c1-5-9(2)13(3,16)8-14-12(15)11-10(17-4)6-7-18-11/h6-7,9,16H,5,8H2,1-4H3,(H,14,15)/t9-,13-/m1/s1. The summed E-state index contributed by atoms with van der Waals surface area (Å²) in [5.74, 6) is 0.495. The Hall–Kier alpha value is -1.07. The molecule has 0 aromatic carbocycles. The second kappa shape index (κ2) is 6.20. The van der Waals surface area contributed by atoms with Crippen LogP contribution in [0.25, 0.3) is 0 Å². The summed E-state index contributed by atoms with van der Waals surface area (Å²) in [4.78, 5) is 12.5. The van der Waals surface area contributed by atoms with Crippen molar-refractivity contribution in [2.45, 2.75) is 32.8 Å². The van der Waals surface area contributed by atoms with E-state index in [1.807, 2.05) is 13.8 Å². The summed E-state index contributed by atoms with van der Waals surface area (Å²) in [5, 5.41) is 14.8. The average molecular weight is 271 g/mol. The van der Waals surface area contributed by atoms with Gasteiger partial charge in [0.25, 0.3) is 5.91 Å². The average Bonchev–Trinajstić information content (AvgIpc) is 2.83. The first kappa shape index (κ1) is 15.0. The molecule has 1 aromatic heterocycles. The van der Waals surface area contributed by atoms with Crippen LogP contribution >= 0.6 is 11.3 Å². The van der Waals surface area contributed by atoms with E-state index >= 15 is 0 Å². The summed E-state index contributed by atoms with van der Waals surface area (Å²) in [5.41, 5.74) is -0.894. The minimum atomic E-state index is -0.894. The molecule has 0 fully saturated rings. The molecule has 1 rings (SSSR count). The molecule has 0 unspecified atom stereocenters. The Labute approximate surface area is 112 Å². The van der Waals surface area contributed by atoms with E-state index in [4.69, 9.17) is 4.74 Å². The van der Waals surface area contributed by atoms with Gasteiger partial charge < -0.3 is 15.2 Å². The number of ether oxygens (including phenoxy) is 1. The third-order valence-corrected chi connectivity index (χ3v) is 4.23. The maximum atomic E-state index is 12.0. The van der Waals surface area contributed by atoms with E-state index in [2.05, 4.69) is 5.32 Å². The van der Waals surface area contributed by atoms with Crippen molar-refractivity contribution in [2.24, 2.45) is 5.92 Å². The number of methoxy groups -OCH3 is 1. The number of hydrogen-bond acceptors (Lipinski definition) is 4. The molecule has 0 aliphatic carbocycles. The quantitative estimate of drug-likeness (QED) is 0.834. The predicted molar refractivity (Wildman–Crippen MR) is 73.3 cm³/mol. The Morgan fingerprint density at radius 3 is 2.89 bits per heavy atom. The summed E-state index contributed by atoms with van der Waals surface area (Å²) in [7, 11) is 1.54. The molecule has 0 aliphatic heterocycles. The van der Waals surface area contributed by atoms with Crippen LogP contribution < -0.4 is 10.1 Å². The summed E-state index contributed by atoms with van der Waals surface area (Å²) >= 11 is 1.33. The molecule has 5 heteroatoms. The van der Waals surface area contributed by atoms with Gasteiger partial charge in [-0.15, -0.1) is 11.3 Å². The fourth-order valence-corrected chi connectivity index (χ4v) is 2.35. The summed E-state index contributed by atoms with van der Waals surface area (Å²) in [6.07, 6.45) is 0.866. The third-order valence-electron chi connectivity index (χ3n) is 3.34. The summed E-state index contributed by atoms with van der Waals surface area (Å²) in [6, 6.07) is 1.76. The summed E-state index contributed by atoms with van der Waals surface area (Å²) < 4.78 is 5.09. The lowest BCUT2D eigenvalue weighted by molar-refractivity contribution is 0.00594. The van der Waals surface area contributed by atoms with Crippen LogP contribution in [0.15, 0.2) is 11.4 Å². The van der Waals surface area contributed by atoms with Crippen LogP contribution in [-0.2, 0) is 0 Å². The largest absolute Gasteiger partial charge is 0.495 e. The van der Waals surface area contributed by atoms with Crippen LogP contribution in [0.5, 0.6) is 5.75 Å². The van der Waals surface area contributed by atoms with Gasteiger partial charge in [-0.05, 0) is 24.3 Å². The van der Waals surface area contributed by atoms with Crippen molar-refractivity contribution in [3.63, 3.8) is 0 Å². The van der Waals surface area contributed by atoms with Crippen molar-refractivity contribution in [3.8, 4) is 5.75 Å². The Morgan fingerprint density at radius 2 is 2.33 bits per heavy atom. The molecule has 0 radical (unpaired) electrons. The molecule has 0 aliphatic rings. The Morgan fingerprint density at radius 1 is 1.67 bits per heavy atom. The number of thiophene rings is 1. The first-order valence-corrected chi connectivity index (χ1v) is 6.92. The van der Waals surface area contributed by atoms with Gasteiger partial charge >= 0.3 is 0 Å². The van der Waals surface area contributed by atoms with E-state index in [-0.39, 0.29) is 18.4 Å². The van der Waals surface area contributed by atoms with Crippen molar-refractivity contribution < 1.29 is 14.6 Å². The van der Waals surface area contributed by atoms with Crippen molar-refractivity contribution in [1.29, 1.82) is 0 Å². The molecule has 1 aromatic rings. The van der Waals surface area contributed by atoms with Crippen molar-refractivity contribution >= 4 is 17.2 Å². The van der Waals surface area contributed by atoms with Gasteiger partial charge in [-0.3, -0.25) is 4.79 Å². The van der Waals surface area contributed by atoms with Gasteiger partial charge in [0, 0.05) is 6.54 Å². The Kier molecular flexibility index (Phi) is 5.16. The first-order valence-electron chi connectivity index (χ1n) is 6.04. The minimum Gasteiger partial charge on any atom is -0.495 e. The monoisotopic (exact) mass is 271 g/mol. The Bertz CT molecular complexity index is 401. The van der Waals surface area contributed by atoms with Crippen LogP contribution in [0.3, 0.4) is 0 Å². The number of nitrogens with one attached hydrogen (secondary N) is 1. The predicted octanol–water partition coefficient (Wildman–Crippen LogP) is 2.28. The van der Waals surface area contributed by atoms with Gasteiger partial charge in [0.1, 0.15) is 10.6 Å². The smallest absolute Gasteiger partial charge is 0.265 e. The van der Waals surface area contributed by atoms with E-state index in [1.165, 1.54) is 18.4 Å². The fraction of sp³-hybridized carbons (Fsp3) is 0.615. The molecule has 18 heavy (non-hydrogen) atoms. The number of rotatable bonds is 6. The lowest BCUT2D eigenvalue weighted by atomic mass is 9.88. The van der Waals surface area contributed by atoms with Gasteiger partial charge in [-0.2, -0.15) is 0 Å². The molecule has 0 saturated carbocycles. The van der Waals surface area contributed by atoms with Crippen LogP contribution in [0, 0.1) is 5.92 Å². The van der Waals surface area contributed by atoms with E-state index < -0.39 is 5.60 Å². The lowest BCUT2D eigenvalue weighted by Gasteiger charge is -2.29. The normalized spacial score (nSPS) is 15.8. The molecule has 4 nitrogen and oxygen atoms in total. The Balaban J connectivity index is 2.62. The van der Waals surface area contributed by atoms with Crippen molar-refractivity contribution in [2.75, 3.05) is 13.7 Å². The summed E-state index contributed by atoms with van der Waals surface area (Å²) in [6.45, 7) is 5.97. The van der Waals surface area contributed by atoms with Crippen molar-refractivity contribution in [1.82, 2.24) is 5.32 Å². The number of amides is 1. The number of aliphatic hydroxyl groups is 1. The number of carbonyl (C=O) groups is 1. The maximum absolute atomic E-state index is 12.0. The number of carbonyl (C=O) groups excluding carboxylic acids is 1. The lowest BCUT2D eigenvalue weighted by Crippen LogP contribution is -2.44. The van der Waals surface area contributed by atoms with Crippen molar-refractivity contribution in [3.05, 3.63) is 16.3 Å². The van der Waals surface area contributed by atoms with Crippen LogP contribution in [0.2, 0.25) is 0 Å². The first-order chi connectivity index (χ1) is 8.42. The molecular formula is C13H21NO3S. The van der Waals surface area contributed by atoms with Gasteiger partial charge in [-0.25, -0.2) is 0 Å². The highest BCUT2D eigenvalue weighted by Crippen LogP contribution is 2.24. The zero-order valence-corrected chi connectivity index (χ0v) is 12.1. The van der Waals surface area contributed by atoms with E-state index in [9.17, 15) is 9.90 Å². The molecule has 2 N–H and O–H groups in total. The van der Waals surface area contributed by atoms with Gasteiger partial charge in [0.2, 0.25) is 0 Å². The molecule has 0 spiro atoms. The highest BCUT2D eigenvalue weighted by atomic mass is 32.1. The minimum absolute atomic E-state index is 0.128. The third kappa shape index (κ3) is 3.46. The van der Waals surface area contributed by atoms with E-state index in [0.717, 1.165) is 6.42 Å². The van der Waals surface area contributed by atoms with Crippen LogP contribution in [0.1, 0.15) is 36.9 Å². The molecule has 0 bridgehead atoms. The fourth-order valence-electron chi connectivity index (χ4n) is 1.58. The second-order valence-corrected chi connectivity index (χ2v) is 5.58. The SMILES string of the molecule is CC[C@@H](C)[C@](C)(O)CNC(=O)c1sccc1OC. The molecule has 2 atom stereocenters. The number of hydrogen-bond donors (Lipinski definition) is 2. The maximum Gasteiger partial charge on any atom is 0.265 e. The molecule has 102 valence electrons. The van der Waals surface area contributed by atoms with Gasteiger partial charge in [-0.1, -0.05) is 20.3 Å². The zero-order valence-electron chi connectivity index (χ0n) is 11.3. The highest BCUT2D eigenvalue weighted by Gasteiger charge is 2.28. The van der Waals surface area contributed by atoms with Gasteiger partial charge in [0.05, 0.1) is 12.7 Å². The molecular weight excluding hydrogens is 250 g/mol.